The van der Waals surface area contributed by atoms with Gasteiger partial charge in [0.05, 0.1) is 16.9 Å². The van der Waals surface area contributed by atoms with Crippen LogP contribution in [0.1, 0.15) is 38.8 Å². The quantitative estimate of drug-likeness (QED) is 0.599. The number of carboxylic acid groups (broad SMARTS) is 1. The summed E-state index contributed by atoms with van der Waals surface area (Å²) >= 11 is 0. The van der Waals surface area contributed by atoms with Gasteiger partial charge in [-0.15, -0.1) is 0 Å². The van der Waals surface area contributed by atoms with Gasteiger partial charge in [0.25, 0.3) is 5.91 Å². The van der Waals surface area contributed by atoms with Gasteiger partial charge in [0.2, 0.25) is 0 Å². The molecule has 0 aliphatic heterocycles. The average molecular weight is 388 g/mol. The minimum atomic E-state index is -1.03. The predicted molar refractivity (Wildman–Crippen MR) is 116 cm³/mol. The number of carbonyl (C=O) groups is 2. The van der Waals surface area contributed by atoms with Crippen LogP contribution < -0.4 is 10.2 Å². The number of amides is 1. The second kappa shape index (κ2) is 9.06. The number of aromatic carboxylic acids is 1. The lowest BCUT2D eigenvalue weighted by molar-refractivity contribution is 0.0696. The Labute approximate surface area is 170 Å². The first-order valence-electron chi connectivity index (χ1n) is 9.52. The molecule has 0 unspecified atom stereocenters. The van der Waals surface area contributed by atoms with E-state index in [0.717, 1.165) is 16.8 Å². The number of hydrogen-bond acceptors (Lipinski definition) is 3. The summed E-state index contributed by atoms with van der Waals surface area (Å²) in [6, 6.07) is 22.2. The standard InChI is InChI=1S/C24H24N2O3/c1-3-26(16-18-10-5-4-6-11-18)22-14-13-19(24(28)29)15-21(22)25-23(27)20-12-8-7-9-17(20)2/h4-15H,3,16H2,1-2H3,(H,25,27)(H,28,29). The fraction of sp³-hybridized carbons (Fsp3) is 0.167. The Kier molecular flexibility index (Phi) is 6.29. The third kappa shape index (κ3) is 4.82. The number of benzene rings is 3. The Balaban J connectivity index is 1.97. The molecule has 0 spiro atoms. The molecule has 0 bridgehead atoms. The molecule has 2 N–H and O–H groups in total. The van der Waals surface area contributed by atoms with Gasteiger partial charge in [0.1, 0.15) is 0 Å². The predicted octanol–water partition coefficient (Wildman–Crippen LogP) is 4.97. The van der Waals surface area contributed by atoms with Gasteiger partial charge in [0.15, 0.2) is 0 Å². The Morgan fingerprint density at radius 1 is 0.966 bits per heavy atom. The molecule has 1 amide bonds. The van der Waals surface area contributed by atoms with Crippen molar-refractivity contribution in [2.24, 2.45) is 0 Å². The van der Waals surface area contributed by atoms with Gasteiger partial charge in [-0.3, -0.25) is 4.79 Å². The van der Waals surface area contributed by atoms with Crippen LogP contribution in [0.25, 0.3) is 0 Å². The molecule has 0 heterocycles. The lowest BCUT2D eigenvalue weighted by Gasteiger charge is -2.26. The monoisotopic (exact) mass is 388 g/mol. The molecule has 0 atom stereocenters. The highest BCUT2D eigenvalue weighted by Gasteiger charge is 2.17. The third-order valence-electron chi connectivity index (χ3n) is 4.82. The summed E-state index contributed by atoms with van der Waals surface area (Å²) in [7, 11) is 0. The minimum absolute atomic E-state index is 0.129. The van der Waals surface area contributed by atoms with E-state index in [4.69, 9.17) is 0 Å². The molecule has 0 aliphatic rings. The van der Waals surface area contributed by atoms with E-state index >= 15 is 0 Å². The summed E-state index contributed by atoms with van der Waals surface area (Å²) in [4.78, 5) is 26.4. The van der Waals surface area contributed by atoms with Crippen LogP contribution in [0.2, 0.25) is 0 Å². The summed E-state index contributed by atoms with van der Waals surface area (Å²) in [6.07, 6.45) is 0. The molecule has 0 radical (unpaired) electrons. The van der Waals surface area contributed by atoms with Gasteiger partial charge < -0.3 is 15.3 Å². The molecule has 0 aromatic heterocycles. The zero-order valence-corrected chi connectivity index (χ0v) is 16.6. The van der Waals surface area contributed by atoms with Crippen molar-refractivity contribution in [1.29, 1.82) is 0 Å². The summed E-state index contributed by atoms with van der Waals surface area (Å²) in [5, 5.41) is 12.3. The van der Waals surface area contributed by atoms with E-state index in [1.165, 1.54) is 6.07 Å². The van der Waals surface area contributed by atoms with Crippen molar-refractivity contribution in [2.75, 3.05) is 16.8 Å². The number of nitrogens with one attached hydrogen (secondary N) is 1. The van der Waals surface area contributed by atoms with Crippen LogP contribution in [-0.2, 0) is 6.54 Å². The Morgan fingerprint density at radius 2 is 1.66 bits per heavy atom. The second-order valence-electron chi connectivity index (χ2n) is 6.81. The molecule has 5 heteroatoms. The van der Waals surface area contributed by atoms with E-state index in [9.17, 15) is 14.7 Å². The van der Waals surface area contributed by atoms with Crippen molar-refractivity contribution >= 4 is 23.3 Å². The van der Waals surface area contributed by atoms with Crippen LogP contribution >= 0.6 is 0 Å². The van der Waals surface area contributed by atoms with E-state index < -0.39 is 5.97 Å². The summed E-state index contributed by atoms with van der Waals surface area (Å²) in [5.41, 5.74) is 3.94. The Hall–Kier alpha value is -3.60. The molecule has 0 saturated carbocycles. The van der Waals surface area contributed by atoms with Crippen molar-refractivity contribution in [3.05, 3.63) is 95.1 Å². The van der Waals surface area contributed by atoms with E-state index in [0.29, 0.717) is 24.3 Å². The van der Waals surface area contributed by atoms with Crippen molar-refractivity contribution in [3.63, 3.8) is 0 Å². The first kappa shape index (κ1) is 20.1. The smallest absolute Gasteiger partial charge is 0.335 e. The molecule has 0 fully saturated rings. The summed E-state index contributed by atoms with van der Waals surface area (Å²) < 4.78 is 0. The first-order valence-corrected chi connectivity index (χ1v) is 9.52. The van der Waals surface area contributed by atoms with Gasteiger partial charge in [-0.25, -0.2) is 4.79 Å². The van der Waals surface area contributed by atoms with Crippen molar-refractivity contribution < 1.29 is 14.7 Å². The fourth-order valence-electron chi connectivity index (χ4n) is 3.23. The van der Waals surface area contributed by atoms with Crippen LogP contribution in [0.3, 0.4) is 0 Å². The largest absolute Gasteiger partial charge is 0.478 e. The normalized spacial score (nSPS) is 10.4. The highest BCUT2D eigenvalue weighted by Crippen LogP contribution is 2.29. The first-order chi connectivity index (χ1) is 14.0. The lowest BCUT2D eigenvalue weighted by Crippen LogP contribution is -2.24. The Morgan fingerprint density at radius 3 is 2.31 bits per heavy atom. The molecule has 148 valence electrons. The van der Waals surface area contributed by atoms with Crippen LogP contribution in [0.15, 0.2) is 72.8 Å². The number of aryl methyl sites for hydroxylation is 1. The van der Waals surface area contributed by atoms with E-state index in [1.807, 2.05) is 62.4 Å². The van der Waals surface area contributed by atoms with Crippen molar-refractivity contribution in [1.82, 2.24) is 0 Å². The maximum Gasteiger partial charge on any atom is 0.335 e. The van der Waals surface area contributed by atoms with Gasteiger partial charge in [-0.05, 0) is 49.2 Å². The molecule has 3 aromatic rings. The number of hydrogen-bond donors (Lipinski definition) is 2. The third-order valence-corrected chi connectivity index (χ3v) is 4.82. The number of carboxylic acids is 1. The zero-order chi connectivity index (χ0) is 20.8. The fourth-order valence-corrected chi connectivity index (χ4v) is 3.23. The number of anilines is 2. The van der Waals surface area contributed by atoms with Crippen LogP contribution in [-0.4, -0.2) is 23.5 Å². The minimum Gasteiger partial charge on any atom is -0.478 e. The SMILES string of the molecule is CCN(Cc1ccccc1)c1ccc(C(=O)O)cc1NC(=O)c1ccccc1C. The van der Waals surface area contributed by atoms with Crippen molar-refractivity contribution in [2.45, 2.75) is 20.4 Å². The van der Waals surface area contributed by atoms with Crippen LogP contribution in [0, 0.1) is 6.92 Å². The topological polar surface area (TPSA) is 69.6 Å². The van der Waals surface area contributed by atoms with Crippen LogP contribution in [0.4, 0.5) is 11.4 Å². The molecule has 0 aliphatic carbocycles. The molecule has 29 heavy (non-hydrogen) atoms. The second-order valence-corrected chi connectivity index (χ2v) is 6.81. The van der Waals surface area contributed by atoms with Crippen molar-refractivity contribution in [3.8, 4) is 0 Å². The number of rotatable bonds is 7. The highest BCUT2D eigenvalue weighted by molar-refractivity contribution is 6.07. The van der Waals surface area contributed by atoms with Gasteiger partial charge >= 0.3 is 5.97 Å². The number of nitrogens with zero attached hydrogens (tertiary/aromatic N) is 1. The maximum atomic E-state index is 12.9. The molecule has 0 saturated heterocycles. The summed E-state index contributed by atoms with van der Waals surface area (Å²) in [5.74, 6) is -1.29. The Bertz CT molecular complexity index is 1020. The highest BCUT2D eigenvalue weighted by atomic mass is 16.4. The molecular formula is C24H24N2O3. The van der Waals surface area contributed by atoms with E-state index in [-0.39, 0.29) is 11.5 Å². The molecule has 5 nitrogen and oxygen atoms in total. The molecule has 3 rings (SSSR count). The summed E-state index contributed by atoms with van der Waals surface area (Å²) in [6.45, 7) is 5.25. The average Bonchev–Trinajstić information content (AvgIpc) is 2.73. The van der Waals surface area contributed by atoms with Gasteiger partial charge in [0, 0.05) is 18.7 Å². The van der Waals surface area contributed by atoms with Crippen LogP contribution in [0.5, 0.6) is 0 Å². The van der Waals surface area contributed by atoms with Gasteiger partial charge in [-0.2, -0.15) is 0 Å². The lowest BCUT2D eigenvalue weighted by atomic mass is 10.1. The van der Waals surface area contributed by atoms with E-state index in [2.05, 4.69) is 10.2 Å². The molecule has 3 aromatic carbocycles. The molecular weight excluding hydrogens is 364 g/mol. The van der Waals surface area contributed by atoms with E-state index in [1.54, 1.807) is 18.2 Å². The number of carbonyl (C=O) groups excluding carboxylic acids is 1. The van der Waals surface area contributed by atoms with Gasteiger partial charge in [-0.1, -0.05) is 48.5 Å². The zero-order valence-electron chi connectivity index (χ0n) is 16.6. The maximum absolute atomic E-state index is 12.9.